The molecule has 0 aliphatic carbocycles. The number of carboxylic acids is 4. The van der Waals surface area contributed by atoms with Crippen molar-refractivity contribution in [3.05, 3.63) is 70.8 Å². The monoisotopic (exact) mass is 450 g/mol. The van der Waals surface area contributed by atoms with Crippen LogP contribution in [-0.4, -0.2) is 67.7 Å². The van der Waals surface area contributed by atoms with Crippen LogP contribution in [0.3, 0.4) is 0 Å². The molecular formula is C22H26O10. The Morgan fingerprint density at radius 1 is 0.469 bits per heavy atom. The van der Waals surface area contributed by atoms with Crippen LogP contribution in [0.25, 0.3) is 0 Å². The molecule has 2 aromatic rings. The van der Waals surface area contributed by atoms with Gasteiger partial charge in [0.05, 0.1) is 22.3 Å². The smallest absolute Gasteiger partial charge is 0.336 e. The molecule has 2 aromatic carbocycles. The van der Waals surface area contributed by atoms with Crippen molar-refractivity contribution in [1.29, 1.82) is 0 Å². The van der Waals surface area contributed by atoms with E-state index in [2.05, 4.69) is 0 Å². The Morgan fingerprint density at radius 3 is 0.844 bits per heavy atom. The summed E-state index contributed by atoms with van der Waals surface area (Å²) in [7, 11) is 0. The molecule has 2 rings (SSSR count). The number of aliphatic hydroxyl groups excluding tert-OH is 2. The van der Waals surface area contributed by atoms with Crippen LogP contribution in [0, 0.1) is 0 Å². The molecule has 0 unspecified atom stereocenters. The van der Waals surface area contributed by atoms with Crippen molar-refractivity contribution in [2.24, 2.45) is 0 Å². The van der Waals surface area contributed by atoms with Gasteiger partial charge in [-0.2, -0.15) is 0 Å². The fourth-order valence-electron chi connectivity index (χ4n) is 2.29. The summed E-state index contributed by atoms with van der Waals surface area (Å²) in [5, 5.41) is 50.8. The first-order valence-corrected chi connectivity index (χ1v) is 9.50. The second-order valence-corrected chi connectivity index (χ2v) is 6.17. The molecule has 0 aliphatic heterocycles. The Hall–Kier alpha value is -3.76. The number of carboxylic acid groups (broad SMARTS) is 4. The van der Waals surface area contributed by atoms with Gasteiger partial charge in [0.1, 0.15) is 0 Å². The Labute approximate surface area is 184 Å². The van der Waals surface area contributed by atoms with E-state index in [4.69, 9.17) is 30.6 Å². The summed E-state index contributed by atoms with van der Waals surface area (Å²) in [6, 6.07) is 11.0. The van der Waals surface area contributed by atoms with Crippen molar-refractivity contribution in [3.63, 3.8) is 0 Å². The lowest BCUT2D eigenvalue weighted by atomic mass is 10.1. The van der Waals surface area contributed by atoms with E-state index in [-0.39, 0.29) is 35.5 Å². The van der Waals surface area contributed by atoms with E-state index in [1.54, 1.807) is 0 Å². The Morgan fingerprint density at radius 2 is 0.688 bits per heavy atom. The van der Waals surface area contributed by atoms with E-state index in [0.717, 1.165) is 25.7 Å². The zero-order valence-corrected chi connectivity index (χ0v) is 17.2. The van der Waals surface area contributed by atoms with Gasteiger partial charge in [-0.05, 0) is 37.1 Å². The minimum atomic E-state index is -1.23. The quantitative estimate of drug-likeness (QED) is 0.310. The van der Waals surface area contributed by atoms with E-state index in [1.165, 1.54) is 48.5 Å². The molecule has 0 saturated carbocycles. The van der Waals surface area contributed by atoms with E-state index in [9.17, 15) is 19.2 Å². The molecule has 0 aliphatic rings. The van der Waals surface area contributed by atoms with Crippen molar-refractivity contribution in [2.45, 2.75) is 25.7 Å². The number of aliphatic hydroxyl groups is 2. The first kappa shape index (κ1) is 28.2. The summed E-state index contributed by atoms with van der Waals surface area (Å²) in [6.45, 7) is 0.566. The van der Waals surface area contributed by atoms with Gasteiger partial charge < -0.3 is 30.6 Å². The van der Waals surface area contributed by atoms with Crippen molar-refractivity contribution in [2.75, 3.05) is 13.2 Å². The Balaban J connectivity index is 0.000000462. The highest BCUT2D eigenvalue weighted by Crippen LogP contribution is 2.08. The molecule has 10 heteroatoms. The summed E-state index contributed by atoms with van der Waals surface area (Å²) >= 11 is 0. The molecule has 0 spiro atoms. The molecule has 0 bridgehead atoms. The summed E-state index contributed by atoms with van der Waals surface area (Å²) in [5.41, 5.74) is -0.759. The highest BCUT2D eigenvalue weighted by atomic mass is 16.4. The molecule has 0 radical (unpaired) electrons. The van der Waals surface area contributed by atoms with Crippen LogP contribution in [0.5, 0.6) is 0 Å². The first-order chi connectivity index (χ1) is 15.2. The normalized spacial score (nSPS) is 9.44. The Bertz CT molecular complexity index is 752. The van der Waals surface area contributed by atoms with Crippen LogP contribution in [0.15, 0.2) is 48.5 Å². The van der Waals surface area contributed by atoms with Crippen molar-refractivity contribution >= 4 is 23.9 Å². The molecule has 32 heavy (non-hydrogen) atoms. The highest BCUT2D eigenvalue weighted by molar-refractivity contribution is 6.02. The van der Waals surface area contributed by atoms with E-state index in [0.29, 0.717) is 0 Å². The van der Waals surface area contributed by atoms with Crippen LogP contribution in [0.2, 0.25) is 0 Å². The maximum absolute atomic E-state index is 10.5. The zero-order chi connectivity index (χ0) is 24.5. The number of hydrogen-bond donors (Lipinski definition) is 6. The van der Waals surface area contributed by atoms with Crippen molar-refractivity contribution in [1.82, 2.24) is 0 Å². The van der Waals surface area contributed by atoms with Gasteiger partial charge in [0.15, 0.2) is 0 Å². The summed E-state index contributed by atoms with van der Waals surface area (Å²) < 4.78 is 0. The van der Waals surface area contributed by atoms with Gasteiger partial charge in [-0.25, -0.2) is 19.2 Å². The maximum atomic E-state index is 10.5. The molecule has 0 atom stereocenters. The van der Waals surface area contributed by atoms with Gasteiger partial charge in [0.2, 0.25) is 0 Å². The predicted molar refractivity (Wildman–Crippen MR) is 113 cm³/mol. The van der Waals surface area contributed by atoms with Crippen LogP contribution < -0.4 is 0 Å². The molecule has 0 saturated heterocycles. The number of unbranched alkanes of at least 4 members (excludes halogenated alkanes) is 3. The third-order valence-electron chi connectivity index (χ3n) is 3.84. The second kappa shape index (κ2) is 16.0. The van der Waals surface area contributed by atoms with Crippen LogP contribution in [0.1, 0.15) is 67.1 Å². The van der Waals surface area contributed by atoms with Gasteiger partial charge in [-0.3, -0.25) is 0 Å². The van der Waals surface area contributed by atoms with Gasteiger partial charge in [0, 0.05) is 13.2 Å². The Kier molecular flexibility index (Phi) is 14.1. The van der Waals surface area contributed by atoms with E-state index < -0.39 is 23.9 Å². The lowest BCUT2D eigenvalue weighted by molar-refractivity contribution is 0.0651. The lowest BCUT2D eigenvalue weighted by Gasteiger charge is -1.98. The van der Waals surface area contributed by atoms with Gasteiger partial charge >= 0.3 is 23.9 Å². The minimum Gasteiger partial charge on any atom is -0.478 e. The fourth-order valence-corrected chi connectivity index (χ4v) is 2.29. The number of benzene rings is 2. The van der Waals surface area contributed by atoms with Gasteiger partial charge in [-0.1, -0.05) is 37.1 Å². The number of aromatic carboxylic acids is 4. The SMILES string of the molecule is O=C(O)c1ccccc1C(=O)O.O=C(O)c1ccccc1C(=O)O.OCCCCCCO. The van der Waals surface area contributed by atoms with Crippen LogP contribution in [-0.2, 0) is 0 Å². The molecule has 6 N–H and O–H groups in total. The van der Waals surface area contributed by atoms with Gasteiger partial charge in [-0.15, -0.1) is 0 Å². The summed E-state index contributed by atoms with van der Waals surface area (Å²) in [6.07, 6.45) is 3.83. The van der Waals surface area contributed by atoms with Crippen LogP contribution >= 0.6 is 0 Å². The average Bonchev–Trinajstić information content (AvgIpc) is 2.77. The minimum absolute atomic E-state index is 0.190. The topological polar surface area (TPSA) is 190 Å². The fraction of sp³-hybridized carbons (Fsp3) is 0.273. The number of hydrogen-bond acceptors (Lipinski definition) is 6. The third-order valence-corrected chi connectivity index (χ3v) is 3.84. The number of rotatable bonds is 9. The largest absolute Gasteiger partial charge is 0.478 e. The predicted octanol–water partition coefficient (Wildman–Crippen LogP) is 2.70. The van der Waals surface area contributed by atoms with E-state index >= 15 is 0 Å². The first-order valence-electron chi connectivity index (χ1n) is 9.50. The summed E-state index contributed by atoms with van der Waals surface area (Å²) in [4.78, 5) is 41.9. The lowest BCUT2D eigenvalue weighted by Crippen LogP contribution is -2.06. The number of carbonyl (C=O) groups is 4. The maximum Gasteiger partial charge on any atom is 0.336 e. The third kappa shape index (κ3) is 10.9. The average molecular weight is 450 g/mol. The standard InChI is InChI=1S/2C8H6O4.C6H14O2/c2*9-7(10)5-3-1-2-4-6(5)8(11)12;7-5-3-1-2-4-6-8/h2*1-4H,(H,9,10)(H,11,12);7-8H,1-6H2. The molecule has 174 valence electrons. The molecule has 0 aromatic heterocycles. The van der Waals surface area contributed by atoms with Gasteiger partial charge in [0.25, 0.3) is 0 Å². The molecule has 10 nitrogen and oxygen atoms in total. The molecular weight excluding hydrogens is 424 g/mol. The molecule has 0 fully saturated rings. The zero-order valence-electron chi connectivity index (χ0n) is 17.2. The van der Waals surface area contributed by atoms with Crippen LogP contribution in [0.4, 0.5) is 0 Å². The highest BCUT2D eigenvalue weighted by Gasteiger charge is 2.14. The van der Waals surface area contributed by atoms with Crippen molar-refractivity contribution < 1.29 is 49.8 Å². The molecule has 0 amide bonds. The van der Waals surface area contributed by atoms with Crippen molar-refractivity contribution in [3.8, 4) is 0 Å². The van der Waals surface area contributed by atoms with E-state index in [1.807, 2.05) is 0 Å². The molecule has 0 heterocycles. The summed E-state index contributed by atoms with van der Waals surface area (Å²) in [5.74, 6) is -4.91. The second-order valence-electron chi connectivity index (χ2n) is 6.17.